The zero-order valence-corrected chi connectivity index (χ0v) is 13.2. The molecule has 5 rings (SSSR count). The molecule has 0 bridgehead atoms. The predicted octanol–water partition coefficient (Wildman–Crippen LogP) is 5.66. The van der Waals surface area contributed by atoms with Gasteiger partial charge < -0.3 is 4.74 Å². The van der Waals surface area contributed by atoms with E-state index in [1.165, 1.54) is 39.2 Å². The predicted molar refractivity (Wildman–Crippen MR) is 99.0 cm³/mol. The van der Waals surface area contributed by atoms with Crippen molar-refractivity contribution in [1.82, 2.24) is 0 Å². The lowest BCUT2D eigenvalue weighted by Crippen LogP contribution is -2.02. The Kier molecular flexibility index (Phi) is 2.60. The van der Waals surface area contributed by atoms with E-state index in [4.69, 9.17) is 4.74 Å². The van der Waals surface area contributed by atoms with Crippen molar-refractivity contribution in [3.63, 3.8) is 0 Å². The van der Waals surface area contributed by atoms with Crippen molar-refractivity contribution in [2.75, 3.05) is 0 Å². The standard InChI is InChI=1S/C22H14O2/c1-13(23)24-20-12-11-18-16-8-3-6-14-5-2-7-15(21(14)16)17-9-4-10-19(20)22(17)18/h2-12H,1H3. The first-order chi connectivity index (χ1) is 11.7. The highest BCUT2D eigenvalue weighted by Gasteiger charge is 2.15. The molecule has 2 nitrogen and oxygen atoms in total. The Balaban J connectivity index is 2.09. The molecule has 5 aromatic rings. The van der Waals surface area contributed by atoms with Crippen molar-refractivity contribution in [3.05, 3.63) is 66.7 Å². The van der Waals surface area contributed by atoms with Gasteiger partial charge in [0.05, 0.1) is 0 Å². The molecule has 0 saturated carbocycles. The molecule has 0 atom stereocenters. The second kappa shape index (κ2) is 4.68. The molecule has 0 aliphatic carbocycles. The summed E-state index contributed by atoms with van der Waals surface area (Å²) in [6.07, 6.45) is 0. The molecular weight excluding hydrogens is 296 g/mol. The average molecular weight is 310 g/mol. The first-order valence-electron chi connectivity index (χ1n) is 8.01. The molecule has 0 saturated heterocycles. The zero-order chi connectivity index (χ0) is 16.3. The highest BCUT2D eigenvalue weighted by atomic mass is 16.5. The van der Waals surface area contributed by atoms with Crippen molar-refractivity contribution in [1.29, 1.82) is 0 Å². The number of hydrogen-bond donors (Lipinski definition) is 0. The van der Waals surface area contributed by atoms with Crippen LogP contribution in [0.5, 0.6) is 5.75 Å². The first kappa shape index (κ1) is 13.3. The number of fused-ring (bicyclic) bond motifs is 2. The van der Waals surface area contributed by atoms with Gasteiger partial charge in [-0.3, -0.25) is 4.79 Å². The summed E-state index contributed by atoms with van der Waals surface area (Å²) < 4.78 is 5.43. The van der Waals surface area contributed by atoms with E-state index in [2.05, 4.69) is 48.5 Å². The van der Waals surface area contributed by atoms with Gasteiger partial charge in [0.15, 0.2) is 0 Å². The largest absolute Gasteiger partial charge is 0.426 e. The topological polar surface area (TPSA) is 26.3 Å². The molecule has 0 fully saturated rings. The van der Waals surface area contributed by atoms with Crippen LogP contribution in [0.15, 0.2) is 66.7 Å². The fourth-order valence-electron chi connectivity index (χ4n) is 3.86. The third kappa shape index (κ3) is 1.68. The Morgan fingerprint density at radius 2 is 1.21 bits per heavy atom. The van der Waals surface area contributed by atoms with E-state index in [-0.39, 0.29) is 5.97 Å². The molecule has 114 valence electrons. The van der Waals surface area contributed by atoms with Gasteiger partial charge in [0.1, 0.15) is 5.75 Å². The second-order valence-electron chi connectivity index (χ2n) is 6.14. The minimum atomic E-state index is -0.297. The smallest absolute Gasteiger partial charge is 0.308 e. The van der Waals surface area contributed by atoms with Crippen molar-refractivity contribution >= 4 is 49.1 Å². The van der Waals surface area contributed by atoms with Crippen LogP contribution in [0.2, 0.25) is 0 Å². The molecule has 24 heavy (non-hydrogen) atoms. The van der Waals surface area contributed by atoms with E-state index >= 15 is 0 Å². The Hall–Kier alpha value is -3.13. The maximum absolute atomic E-state index is 11.4. The maximum Gasteiger partial charge on any atom is 0.308 e. The summed E-state index contributed by atoms with van der Waals surface area (Å²) in [5.74, 6) is 0.323. The molecule has 0 heterocycles. The number of carbonyl (C=O) groups excluding carboxylic acids is 1. The van der Waals surface area contributed by atoms with Crippen LogP contribution < -0.4 is 4.74 Å². The van der Waals surface area contributed by atoms with E-state index < -0.39 is 0 Å². The minimum Gasteiger partial charge on any atom is -0.426 e. The van der Waals surface area contributed by atoms with Crippen LogP contribution in [0.3, 0.4) is 0 Å². The van der Waals surface area contributed by atoms with Crippen LogP contribution >= 0.6 is 0 Å². The van der Waals surface area contributed by atoms with Gasteiger partial charge in [-0.1, -0.05) is 54.6 Å². The molecule has 0 aromatic heterocycles. The molecule has 0 radical (unpaired) electrons. The molecule has 0 N–H and O–H groups in total. The first-order valence-corrected chi connectivity index (χ1v) is 8.01. The average Bonchev–Trinajstić information content (AvgIpc) is 2.60. The number of carbonyl (C=O) groups is 1. The van der Waals surface area contributed by atoms with Crippen molar-refractivity contribution in [2.24, 2.45) is 0 Å². The molecular formula is C22H14O2. The maximum atomic E-state index is 11.4. The van der Waals surface area contributed by atoms with Crippen LogP contribution in [0.4, 0.5) is 0 Å². The Labute approximate surface area is 138 Å². The molecule has 0 amide bonds. The molecule has 0 aliphatic heterocycles. The fraction of sp³-hybridized carbons (Fsp3) is 0.0455. The lowest BCUT2D eigenvalue weighted by Gasteiger charge is -2.15. The van der Waals surface area contributed by atoms with Crippen LogP contribution in [0.1, 0.15) is 6.92 Å². The Morgan fingerprint density at radius 1 is 0.667 bits per heavy atom. The summed E-state index contributed by atoms with van der Waals surface area (Å²) in [7, 11) is 0. The third-order valence-corrected chi connectivity index (χ3v) is 4.74. The molecule has 0 spiro atoms. The van der Waals surface area contributed by atoms with E-state index in [1.54, 1.807) is 0 Å². The van der Waals surface area contributed by atoms with Gasteiger partial charge in [0.25, 0.3) is 0 Å². The zero-order valence-electron chi connectivity index (χ0n) is 13.2. The SMILES string of the molecule is CC(=O)Oc1ccc2c3cccc4cccc(c5cccc1c52)c43. The summed E-state index contributed by atoms with van der Waals surface area (Å²) in [6, 6.07) is 23.0. The summed E-state index contributed by atoms with van der Waals surface area (Å²) in [6.45, 7) is 1.44. The summed E-state index contributed by atoms with van der Waals surface area (Å²) in [5.41, 5.74) is 0. The molecule has 0 unspecified atom stereocenters. The monoisotopic (exact) mass is 310 g/mol. The lowest BCUT2D eigenvalue weighted by atomic mass is 9.90. The number of rotatable bonds is 1. The molecule has 0 aliphatic rings. The highest BCUT2D eigenvalue weighted by molar-refractivity contribution is 6.33. The van der Waals surface area contributed by atoms with Gasteiger partial charge in [-0.15, -0.1) is 0 Å². The second-order valence-corrected chi connectivity index (χ2v) is 6.14. The van der Waals surface area contributed by atoms with E-state index in [0.29, 0.717) is 5.75 Å². The van der Waals surface area contributed by atoms with Gasteiger partial charge in [-0.05, 0) is 44.5 Å². The minimum absolute atomic E-state index is 0.297. The Bertz CT molecular complexity index is 1200. The van der Waals surface area contributed by atoms with Crippen LogP contribution in [0, 0.1) is 0 Å². The van der Waals surface area contributed by atoms with Gasteiger partial charge in [0, 0.05) is 17.7 Å². The van der Waals surface area contributed by atoms with Crippen LogP contribution in [-0.4, -0.2) is 5.97 Å². The van der Waals surface area contributed by atoms with E-state index in [9.17, 15) is 4.79 Å². The van der Waals surface area contributed by atoms with E-state index in [0.717, 1.165) is 10.8 Å². The fourth-order valence-corrected chi connectivity index (χ4v) is 3.86. The molecule has 2 heteroatoms. The quantitative estimate of drug-likeness (QED) is 0.173. The normalized spacial score (nSPS) is 11.7. The van der Waals surface area contributed by atoms with Gasteiger partial charge >= 0.3 is 5.97 Å². The summed E-state index contributed by atoms with van der Waals surface area (Å²) >= 11 is 0. The Morgan fingerprint density at radius 3 is 1.88 bits per heavy atom. The number of hydrogen-bond acceptors (Lipinski definition) is 2. The van der Waals surface area contributed by atoms with Crippen molar-refractivity contribution in [2.45, 2.75) is 6.92 Å². The van der Waals surface area contributed by atoms with Gasteiger partial charge in [0.2, 0.25) is 0 Å². The summed E-state index contributed by atoms with van der Waals surface area (Å²) in [4.78, 5) is 11.4. The van der Waals surface area contributed by atoms with E-state index in [1.807, 2.05) is 18.2 Å². The summed E-state index contributed by atoms with van der Waals surface area (Å²) in [5, 5.41) is 9.54. The highest BCUT2D eigenvalue weighted by Crippen LogP contribution is 2.42. The number of ether oxygens (including phenoxy) is 1. The van der Waals surface area contributed by atoms with Gasteiger partial charge in [-0.25, -0.2) is 0 Å². The lowest BCUT2D eigenvalue weighted by molar-refractivity contribution is -0.131. The van der Waals surface area contributed by atoms with Crippen molar-refractivity contribution < 1.29 is 9.53 Å². The van der Waals surface area contributed by atoms with Gasteiger partial charge in [-0.2, -0.15) is 0 Å². The molecule has 5 aromatic carbocycles. The van der Waals surface area contributed by atoms with Crippen LogP contribution in [0.25, 0.3) is 43.1 Å². The van der Waals surface area contributed by atoms with Crippen LogP contribution in [-0.2, 0) is 4.79 Å². The number of benzene rings is 5. The van der Waals surface area contributed by atoms with Crippen molar-refractivity contribution in [3.8, 4) is 5.75 Å². The third-order valence-electron chi connectivity index (χ3n) is 4.74. The number of esters is 1.